The van der Waals surface area contributed by atoms with E-state index in [1.807, 2.05) is 0 Å². The second kappa shape index (κ2) is 17.2. The van der Waals surface area contributed by atoms with Crippen molar-refractivity contribution in [1.82, 2.24) is 10.2 Å². The van der Waals surface area contributed by atoms with E-state index in [4.69, 9.17) is 15.3 Å². The molecule has 1 saturated heterocycles. The van der Waals surface area contributed by atoms with E-state index in [0.717, 1.165) is 39.1 Å². The normalized spacial score (nSPS) is 15.6. The zero-order valence-electron chi connectivity index (χ0n) is 10.7. The first-order valence-electron chi connectivity index (χ1n) is 6.02. The second-order valence-electron chi connectivity index (χ2n) is 3.30. The Kier molecular flexibility index (Phi) is 19.5. The molecule has 1 aliphatic rings. The molecule has 0 bridgehead atoms. The minimum absolute atomic E-state index is 0.250. The highest BCUT2D eigenvalue weighted by molar-refractivity contribution is 4.66. The van der Waals surface area contributed by atoms with Crippen molar-refractivity contribution in [3.05, 3.63) is 0 Å². The third kappa shape index (κ3) is 16.2. The van der Waals surface area contributed by atoms with Crippen LogP contribution in [0, 0.1) is 0 Å². The molecule has 0 aromatic rings. The van der Waals surface area contributed by atoms with Gasteiger partial charge in [0.25, 0.3) is 0 Å². The molecule has 5 heteroatoms. The van der Waals surface area contributed by atoms with E-state index in [1.165, 1.54) is 0 Å². The number of aliphatic hydroxyl groups excluding tert-OH is 3. The molecule has 0 aromatic heterocycles. The van der Waals surface area contributed by atoms with Gasteiger partial charge in [-0.15, -0.1) is 0 Å². The SMILES string of the molecule is CCO.CCO.OCCCN1CCNCC1. The number of hydrogen-bond donors (Lipinski definition) is 4. The molecule has 0 spiro atoms. The summed E-state index contributed by atoms with van der Waals surface area (Å²) in [5.74, 6) is 0. The highest BCUT2D eigenvalue weighted by Crippen LogP contribution is 1.92. The predicted molar refractivity (Wildman–Crippen MR) is 66.5 cm³/mol. The average molecular weight is 236 g/mol. The Morgan fingerprint density at radius 3 is 1.81 bits per heavy atom. The van der Waals surface area contributed by atoms with Gasteiger partial charge in [0, 0.05) is 52.5 Å². The Bertz CT molecular complexity index is 107. The molecule has 0 saturated carbocycles. The molecule has 0 unspecified atom stereocenters. The Morgan fingerprint density at radius 2 is 1.44 bits per heavy atom. The van der Waals surface area contributed by atoms with Crippen LogP contribution in [0.25, 0.3) is 0 Å². The molecular formula is C11H28N2O3. The summed E-state index contributed by atoms with van der Waals surface area (Å²) in [5.41, 5.74) is 0. The number of piperazine rings is 1. The fourth-order valence-corrected chi connectivity index (χ4v) is 1.23. The van der Waals surface area contributed by atoms with Gasteiger partial charge in [0.2, 0.25) is 0 Å². The van der Waals surface area contributed by atoms with Crippen LogP contribution < -0.4 is 5.32 Å². The summed E-state index contributed by atoms with van der Waals surface area (Å²) in [6.45, 7) is 9.72. The summed E-state index contributed by atoms with van der Waals surface area (Å²) in [5, 5.41) is 27.0. The highest BCUT2D eigenvalue weighted by atomic mass is 16.3. The highest BCUT2D eigenvalue weighted by Gasteiger charge is 2.07. The van der Waals surface area contributed by atoms with Gasteiger partial charge >= 0.3 is 0 Å². The van der Waals surface area contributed by atoms with Crippen LogP contribution in [0.4, 0.5) is 0 Å². The van der Waals surface area contributed by atoms with Crippen LogP contribution in [0.2, 0.25) is 0 Å². The van der Waals surface area contributed by atoms with E-state index in [1.54, 1.807) is 13.8 Å². The molecule has 1 aliphatic heterocycles. The molecular weight excluding hydrogens is 208 g/mol. The Labute approximate surface area is 99.1 Å². The van der Waals surface area contributed by atoms with Crippen molar-refractivity contribution in [1.29, 1.82) is 0 Å². The molecule has 1 heterocycles. The summed E-state index contributed by atoms with van der Waals surface area (Å²) in [7, 11) is 0. The maximum atomic E-state index is 8.55. The van der Waals surface area contributed by atoms with Gasteiger partial charge in [-0.25, -0.2) is 0 Å². The second-order valence-corrected chi connectivity index (χ2v) is 3.30. The van der Waals surface area contributed by atoms with Crippen LogP contribution in [-0.4, -0.2) is 72.8 Å². The monoisotopic (exact) mass is 236 g/mol. The third-order valence-electron chi connectivity index (χ3n) is 1.84. The van der Waals surface area contributed by atoms with Crippen LogP contribution >= 0.6 is 0 Å². The summed E-state index contributed by atoms with van der Waals surface area (Å²) >= 11 is 0. The van der Waals surface area contributed by atoms with Crippen molar-refractivity contribution in [3.8, 4) is 0 Å². The molecule has 0 amide bonds. The molecule has 4 N–H and O–H groups in total. The molecule has 0 radical (unpaired) electrons. The number of nitrogens with zero attached hydrogens (tertiary/aromatic N) is 1. The Balaban J connectivity index is 0. The minimum Gasteiger partial charge on any atom is -0.397 e. The fourth-order valence-electron chi connectivity index (χ4n) is 1.23. The molecule has 0 aromatic carbocycles. The Morgan fingerprint density at radius 1 is 1.00 bits per heavy atom. The van der Waals surface area contributed by atoms with E-state index in [9.17, 15) is 0 Å². The summed E-state index contributed by atoms with van der Waals surface area (Å²) in [6, 6.07) is 0. The van der Waals surface area contributed by atoms with Gasteiger partial charge in [0.05, 0.1) is 0 Å². The first-order valence-corrected chi connectivity index (χ1v) is 6.02. The van der Waals surface area contributed by atoms with E-state index in [2.05, 4.69) is 10.2 Å². The van der Waals surface area contributed by atoms with E-state index >= 15 is 0 Å². The van der Waals surface area contributed by atoms with E-state index < -0.39 is 0 Å². The van der Waals surface area contributed by atoms with Crippen LogP contribution in [0.5, 0.6) is 0 Å². The molecule has 16 heavy (non-hydrogen) atoms. The van der Waals surface area contributed by atoms with Gasteiger partial charge in [-0.2, -0.15) is 0 Å². The number of rotatable bonds is 3. The lowest BCUT2D eigenvalue weighted by molar-refractivity contribution is 0.206. The summed E-state index contributed by atoms with van der Waals surface area (Å²) in [6.07, 6.45) is 0.917. The molecule has 0 aliphatic carbocycles. The molecule has 1 rings (SSSR count). The van der Waals surface area contributed by atoms with Crippen molar-refractivity contribution in [2.75, 3.05) is 52.5 Å². The van der Waals surface area contributed by atoms with Crippen molar-refractivity contribution in [2.24, 2.45) is 0 Å². The maximum Gasteiger partial charge on any atom is 0.0443 e. The lowest BCUT2D eigenvalue weighted by Crippen LogP contribution is -2.43. The minimum atomic E-state index is 0.250. The zero-order valence-corrected chi connectivity index (χ0v) is 10.7. The zero-order chi connectivity index (χ0) is 12.6. The van der Waals surface area contributed by atoms with Crippen molar-refractivity contribution < 1.29 is 15.3 Å². The quantitative estimate of drug-likeness (QED) is 0.520. The molecule has 0 atom stereocenters. The lowest BCUT2D eigenvalue weighted by atomic mass is 10.3. The smallest absolute Gasteiger partial charge is 0.0443 e. The molecule has 100 valence electrons. The van der Waals surface area contributed by atoms with Gasteiger partial charge in [-0.05, 0) is 20.3 Å². The first kappa shape index (κ1) is 18.2. The van der Waals surface area contributed by atoms with E-state index in [0.29, 0.717) is 6.61 Å². The first-order chi connectivity index (χ1) is 7.76. The van der Waals surface area contributed by atoms with E-state index in [-0.39, 0.29) is 13.2 Å². The number of aliphatic hydroxyl groups is 3. The van der Waals surface area contributed by atoms with Gasteiger partial charge in [-0.3, -0.25) is 0 Å². The number of hydrogen-bond acceptors (Lipinski definition) is 5. The van der Waals surface area contributed by atoms with Crippen LogP contribution in [0.3, 0.4) is 0 Å². The number of nitrogens with one attached hydrogen (secondary N) is 1. The lowest BCUT2D eigenvalue weighted by Gasteiger charge is -2.26. The van der Waals surface area contributed by atoms with Crippen LogP contribution in [0.1, 0.15) is 20.3 Å². The van der Waals surface area contributed by atoms with Crippen molar-refractivity contribution >= 4 is 0 Å². The Hall–Kier alpha value is -0.200. The third-order valence-corrected chi connectivity index (χ3v) is 1.84. The van der Waals surface area contributed by atoms with Gasteiger partial charge < -0.3 is 25.5 Å². The molecule has 1 fully saturated rings. The summed E-state index contributed by atoms with van der Waals surface area (Å²) in [4.78, 5) is 2.38. The fraction of sp³-hybridized carbons (Fsp3) is 1.00. The van der Waals surface area contributed by atoms with Crippen LogP contribution in [0.15, 0.2) is 0 Å². The van der Waals surface area contributed by atoms with Gasteiger partial charge in [0.1, 0.15) is 0 Å². The largest absolute Gasteiger partial charge is 0.397 e. The van der Waals surface area contributed by atoms with Crippen molar-refractivity contribution in [3.63, 3.8) is 0 Å². The van der Waals surface area contributed by atoms with Crippen LogP contribution in [-0.2, 0) is 0 Å². The van der Waals surface area contributed by atoms with Gasteiger partial charge in [0.15, 0.2) is 0 Å². The maximum absolute atomic E-state index is 8.55. The standard InChI is InChI=1S/C7H16N2O.2C2H6O/c10-7-1-4-9-5-2-8-3-6-9;2*1-2-3/h8,10H,1-7H2;2*3H,2H2,1H3. The van der Waals surface area contributed by atoms with Crippen molar-refractivity contribution in [2.45, 2.75) is 20.3 Å². The molecule has 5 nitrogen and oxygen atoms in total. The van der Waals surface area contributed by atoms with Gasteiger partial charge in [-0.1, -0.05) is 0 Å². The predicted octanol–water partition coefficient (Wildman–Crippen LogP) is -0.729. The topological polar surface area (TPSA) is 76.0 Å². The summed E-state index contributed by atoms with van der Waals surface area (Å²) < 4.78 is 0. The average Bonchev–Trinajstić information content (AvgIpc) is 2.30.